The Balaban J connectivity index is 2.08. The molecule has 1 saturated heterocycles. The van der Waals surface area contributed by atoms with Gasteiger partial charge in [0.1, 0.15) is 5.82 Å². The van der Waals surface area contributed by atoms with Crippen molar-refractivity contribution in [2.24, 2.45) is 11.3 Å². The second-order valence-electron chi connectivity index (χ2n) is 9.39. The molecular formula is C25H34N2O3S. The molecule has 0 atom stereocenters. The number of sulfone groups is 1. The summed E-state index contributed by atoms with van der Waals surface area (Å²) in [4.78, 5) is 5.38. The molecule has 0 amide bonds. The molecule has 1 aliphatic rings. The number of nitrogens with zero attached hydrogens (tertiary/aromatic N) is 2. The summed E-state index contributed by atoms with van der Waals surface area (Å²) in [5.74, 6) is 1.56. The number of benzene rings is 1. The van der Waals surface area contributed by atoms with Crippen LogP contribution < -0.4 is 0 Å². The van der Waals surface area contributed by atoms with E-state index < -0.39 is 9.84 Å². The van der Waals surface area contributed by atoms with E-state index in [1.165, 1.54) is 12.2 Å². The van der Waals surface area contributed by atoms with Crippen LogP contribution in [0.2, 0.25) is 0 Å². The predicted molar refractivity (Wildman–Crippen MR) is 127 cm³/mol. The van der Waals surface area contributed by atoms with Crippen molar-refractivity contribution < 1.29 is 13.2 Å². The summed E-state index contributed by atoms with van der Waals surface area (Å²) in [6, 6.07) is 5.31. The fourth-order valence-electron chi connectivity index (χ4n) is 3.98. The van der Waals surface area contributed by atoms with Gasteiger partial charge in [0.05, 0.1) is 20.8 Å². The third-order valence-corrected chi connectivity index (χ3v) is 7.27. The molecule has 31 heavy (non-hydrogen) atoms. The van der Waals surface area contributed by atoms with Crippen LogP contribution in [0.3, 0.4) is 0 Å². The van der Waals surface area contributed by atoms with Crippen molar-refractivity contribution >= 4 is 20.9 Å². The Labute approximate surface area is 186 Å². The molecule has 6 heteroatoms. The molecule has 168 valence electrons. The van der Waals surface area contributed by atoms with E-state index in [1.54, 1.807) is 31.2 Å². The van der Waals surface area contributed by atoms with Gasteiger partial charge in [-0.05, 0) is 61.4 Å². The summed E-state index contributed by atoms with van der Waals surface area (Å²) in [6.45, 7) is 14.5. The Kier molecular flexibility index (Phi) is 7.22. The van der Waals surface area contributed by atoms with Crippen LogP contribution in [0.5, 0.6) is 0 Å². The minimum absolute atomic E-state index is 0.0789. The molecule has 0 saturated carbocycles. The second kappa shape index (κ2) is 9.53. The molecule has 0 unspecified atom stereocenters. The molecule has 1 fully saturated rings. The lowest BCUT2D eigenvalue weighted by Crippen LogP contribution is -2.22. The molecule has 0 aliphatic carbocycles. The van der Waals surface area contributed by atoms with E-state index in [0.29, 0.717) is 5.92 Å². The van der Waals surface area contributed by atoms with Crippen molar-refractivity contribution in [1.29, 1.82) is 0 Å². The Morgan fingerprint density at radius 2 is 2.00 bits per heavy atom. The largest absolute Gasteiger partial charge is 0.381 e. The van der Waals surface area contributed by atoms with Crippen molar-refractivity contribution in [2.75, 3.05) is 13.2 Å². The molecular weight excluding hydrogens is 408 g/mol. The van der Waals surface area contributed by atoms with Crippen molar-refractivity contribution in [3.63, 3.8) is 0 Å². The number of imidazole rings is 1. The molecule has 1 aromatic carbocycles. The van der Waals surface area contributed by atoms with Crippen molar-refractivity contribution in [2.45, 2.75) is 58.4 Å². The monoisotopic (exact) mass is 442 g/mol. The van der Waals surface area contributed by atoms with Crippen molar-refractivity contribution in [3.8, 4) is 0 Å². The van der Waals surface area contributed by atoms with Crippen molar-refractivity contribution in [3.05, 3.63) is 59.8 Å². The van der Waals surface area contributed by atoms with E-state index in [0.717, 1.165) is 55.9 Å². The highest BCUT2D eigenvalue weighted by Crippen LogP contribution is 2.30. The Hall–Kier alpha value is -2.18. The first kappa shape index (κ1) is 23.5. The van der Waals surface area contributed by atoms with E-state index in [1.807, 2.05) is 6.07 Å². The molecule has 0 N–H and O–H groups in total. The minimum atomic E-state index is -3.65. The van der Waals surface area contributed by atoms with E-state index in [9.17, 15) is 8.42 Å². The molecule has 0 spiro atoms. The number of hydrogen-bond acceptors (Lipinski definition) is 4. The normalized spacial score (nSPS) is 17.0. The van der Waals surface area contributed by atoms with Gasteiger partial charge in [0.25, 0.3) is 0 Å². The topological polar surface area (TPSA) is 61.2 Å². The summed E-state index contributed by atoms with van der Waals surface area (Å²) in [5, 5.41) is 0. The molecule has 2 aromatic rings. The number of rotatable bonds is 7. The lowest BCUT2D eigenvalue weighted by molar-refractivity contribution is 0.0612. The zero-order valence-electron chi connectivity index (χ0n) is 19.1. The smallest absolute Gasteiger partial charge is 0.206 e. The number of aromatic nitrogens is 2. The third kappa shape index (κ3) is 5.55. The van der Waals surface area contributed by atoms with Crippen LogP contribution >= 0.6 is 0 Å². The first-order chi connectivity index (χ1) is 14.7. The van der Waals surface area contributed by atoms with Crippen LogP contribution in [-0.2, 0) is 27.5 Å². The number of allylic oxidation sites excluding steroid dienone is 4. The van der Waals surface area contributed by atoms with Gasteiger partial charge in [0.2, 0.25) is 9.84 Å². The predicted octanol–water partition coefficient (Wildman–Crippen LogP) is 5.47. The molecule has 0 bridgehead atoms. The van der Waals surface area contributed by atoms with Gasteiger partial charge < -0.3 is 9.30 Å². The lowest BCUT2D eigenvalue weighted by Gasteiger charge is -2.25. The summed E-state index contributed by atoms with van der Waals surface area (Å²) in [5.41, 5.74) is 1.80. The standard InChI is InChI=1S/C25H34N2O3S/c1-6-8-20(9-7-2)31(28,29)21-10-11-23-22(16-21)26-24(17-25(3,4)5)27(23)18-19-12-14-30-15-13-19/h6-11,16,19H,1,12-15,17-18H2,2-5H3/b9-7-,20-8+. The lowest BCUT2D eigenvalue weighted by atomic mass is 9.91. The summed E-state index contributed by atoms with van der Waals surface area (Å²) in [7, 11) is -3.65. The Bertz CT molecular complexity index is 1100. The highest BCUT2D eigenvalue weighted by Gasteiger charge is 2.24. The minimum Gasteiger partial charge on any atom is -0.381 e. The number of ether oxygens (including phenoxy) is 1. The van der Waals surface area contributed by atoms with Gasteiger partial charge in [-0.1, -0.05) is 39.5 Å². The molecule has 1 aromatic heterocycles. The van der Waals surface area contributed by atoms with Gasteiger partial charge in [-0.15, -0.1) is 0 Å². The van der Waals surface area contributed by atoms with Gasteiger partial charge in [-0.3, -0.25) is 0 Å². The van der Waals surface area contributed by atoms with Crippen LogP contribution in [0.25, 0.3) is 11.0 Å². The summed E-state index contributed by atoms with van der Waals surface area (Å²) < 4.78 is 34.2. The van der Waals surface area contributed by atoms with Gasteiger partial charge >= 0.3 is 0 Å². The fraction of sp³-hybridized carbons (Fsp3) is 0.480. The van der Waals surface area contributed by atoms with Crippen LogP contribution in [0.1, 0.15) is 46.4 Å². The Morgan fingerprint density at radius 3 is 2.61 bits per heavy atom. The molecule has 0 radical (unpaired) electrons. The average molecular weight is 443 g/mol. The SMILES string of the molecule is C=C/C=C(\C=C/C)S(=O)(=O)c1ccc2c(c1)nc(CC(C)(C)C)n2CC1CCOCC1. The fourth-order valence-corrected chi connectivity index (χ4v) is 5.35. The van der Waals surface area contributed by atoms with E-state index in [2.05, 4.69) is 31.9 Å². The zero-order valence-corrected chi connectivity index (χ0v) is 19.9. The van der Waals surface area contributed by atoms with Gasteiger partial charge in [-0.25, -0.2) is 13.4 Å². The summed E-state index contributed by atoms with van der Waals surface area (Å²) >= 11 is 0. The maximum atomic E-state index is 13.2. The zero-order chi connectivity index (χ0) is 22.6. The molecule has 2 heterocycles. The number of hydrogen-bond donors (Lipinski definition) is 0. The van der Waals surface area contributed by atoms with Gasteiger partial charge in [-0.2, -0.15) is 0 Å². The molecule has 1 aliphatic heterocycles. The Morgan fingerprint density at radius 1 is 1.29 bits per heavy atom. The maximum absolute atomic E-state index is 13.2. The van der Waals surface area contributed by atoms with E-state index in [4.69, 9.17) is 9.72 Å². The van der Waals surface area contributed by atoms with E-state index >= 15 is 0 Å². The average Bonchev–Trinajstić information content (AvgIpc) is 3.03. The second-order valence-corrected chi connectivity index (χ2v) is 11.3. The van der Waals surface area contributed by atoms with Crippen LogP contribution in [0, 0.1) is 11.3 Å². The van der Waals surface area contributed by atoms with Crippen LogP contribution in [-0.4, -0.2) is 31.2 Å². The van der Waals surface area contributed by atoms with Gasteiger partial charge in [0.15, 0.2) is 0 Å². The van der Waals surface area contributed by atoms with Crippen LogP contribution in [0.15, 0.2) is 58.9 Å². The quantitative estimate of drug-likeness (QED) is 0.533. The first-order valence-corrected chi connectivity index (χ1v) is 12.4. The summed E-state index contributed by atoms with van der Waals surface area (Å²) in [6.07, 6.45) is 9.24. The van der Waals surface area contributed by atoms with Crippen molar-refractivity contribution in [1.82, 2.24) is 9.55 Å². The first-order valence-electron chi connectivity index (χ1n) is 10.9. The van der Waals surface area contributed by atoms with E-state index in [-0.39, 0.29) is 15.2 Å². The third-order valence-electron chi connectivity index (χ3n) is 5.50. The van der Waals surface area contributed by atoms with Gasteiger partial charge in [0, 0.05) is 26.2 Å². The molecule has 5 nitrogen and oxygen atoms in total. The molecule has 3 rings (SSSR count). The highest BCUT2D eigenvalue weighted by atomic mass is 32.2. The number of fused-ring (bicyclic) bond motifs is 1. The maximum Gasteiger partial charge on any atom is 0.206 e. The van der Waals surface area contributed by atoms with Crippen LogP contribution in [0.4, 0.5) is 0 Å². The highest BCUT2D eigenvalue weighted by molar-refractivity contribution is 7.95.